The molecule has 0 spiro atoms. The van der Waals surface area contributed by atoms with Crippen LogP contribution in [-0.4, -0.2) is 51.1 Å². The fraction of sp³-hybridized carbons (Fsp3) is 0.700. The van der Waals surface area contributed by atoms with Gasteiger partial charge in [0.25, 0.3) is 5.91 Å². The molecule has 0 fully saturated rings. The minimum atomic E-state index is -0.127. The van der Waals surface area contributed by atoms with Gasteiger partial charge in [-0.05, 0) is 32.3 Å². The van der Waals surface area contributed by atoms with Crippen molar-refractivity contribution in [2.24, 2.45) is 0 Å². The summed E-state index contributed by atoms with van der Waals surface area (Å²) in [4.78, 5) is 17.7. The van der Waals surface area contributed by atoms with Crippen LogP contribution in [0.3, 0.4) is 0 Å². The zero-order valence-corrected chi connectivity index (χ0v) is 11.0. The van der Waals surface area contributed by atoms with Gasteiger partial charge < -0.3 is 4.90 Å². The SMILES string of the molecule is CSCCC(C)N(C)C(=O)c1n[nH]c(C)n1. The molecule has 0 saturated carbocycles. The first-order valence-electron chi connectivity index (χ1n) is 5.21. The quantitative estimate of drug-likeness (QED) is 0.846. The molecule has 1 amide bonds. The molecule has 6 heteroatoms. The number of amides is 1. The number of aromatic nitrogens is 3. The standard InChI is InChI=1S/C10H18N4OS/c1-7(5-6-16-4)14(3)10(15)9-11-8(2)12-13-9/h7H,5-6H2,1-4H3,(H,11,12,13). The minimum Gasteiger partial charge on any atom is -0.336 e. The second kappa shape index (κ2) is 5.89. The normalized spacial score (nSPS) is 12.5. The number of nitrogens with zero attached hydrogens (tertiary/aromatic N) is 3. The highest BCUT2D eigenvalue weighted by Crippen LogP contribution is 2.08. The van der Waals surface area contributed by atoms with E-state index in [2.05, 4.69) is 21.4 Å². The Hall–Kier alpha value is -1.04. The highest BCUT2D eigenvalue weighted by Gasteiger charge is 2.20. The van der Waals surface area contributed by atoms with Crippen LogP contribution in [0.5, 0.6) is 0 Å². The summed E-state index contributed by atoms with van der Waals surface area (Å²) in [6.45, 7) is 3.81. The molecule has 0 aliphatic heterocycles. The number of aromatic amines is 1. The summed E-state index contributed by atoms with van der Waals surface area (Å²) < 4.78 is 0. The molecule has 1 heterocycles. The van der Waals surface area contributed by atoms with Gasteiger partial charge in [-0.15, -0.1) is 5.10 Å². The van der Waals surface area contributed by atoms with Gasteiger partial charge in [0.1, 0.15) is 5.82 Å². The van der Waals surface area contributed by atoms with E-state index in [0.29, 0.717) is 5.82 Å². The Labute approximate surface area is 100 Å². The Kier molecular flexibility index (Phi) is 4.79. The van der Waals surface area contributed by atoms with Gasteiger partial charge in [-0.25, -0.2) is 4.98 Å². The maximum Gasteiger partial charge on any atom is 0.293 e. The zero-order chi connectivity index (χ0) is 12.1. The molecule has 0 radical (unpaired) electrons. The first-order chi connectivity index (χ1) is 7.56. The smallest absolute Gasteiger partial charge is 0.293 e. The molecule has 0 aliphatic carbocycles. The number of aryl methyl sites for hydroxylation is 1. The zero-order valence-electron chi connectivity index (χ0n) is 10.1. The first kappa shape index (κ1) is 13.0. The van der Waals surface area contributed by atoms with Crippen LogP contribution >= 0.6 is 11.8 Å². The number of hydrogen-bond donors (Lipinski definition) is 1. The maximum absolute atomic E-state index is 11.9. The summed E-state index contributed by atoms with van der Waals surface area (Å²) >= 11 is 1.78. The summed E-state index contributed by atoms with van der Waals surface area (Å²) in [5.74, 6) is 1.83. The molecule has 16 heavy (non-hydrogen) atoms. The van der Waals surface area contributed by atoms with Gasteiger partial charge in [0.2, 0.25) is 5.82 Å². The van der Waals surface area contributed by atoms with Crippen LogP contribution < -0.4 is 0 Å². The molecule has 90 valence electrons. The van der Waals surface area contributed by atoms with Crippen LogP contribution in [0.25, 0.3) is 0 Å². The van der Waals surface area contributed by atoms with Crippen molar-refractivity contribution in [1.82, 2.24) is 20.1 Å². The monoisotopic (exact) mass is 242 g/mol. The Morgan fingerprint density at radius 2 is 2.31 bits per heavy atom. The molecule has 5 nitrogen and oxygen atoms in total. The lowest BCUT2D eigenvalue weighted by Crippen LogP contribution is -2.36. The molecular formula is C10H18N4OS. The predicted molar refractivity (Wildman–Crippen MR) is 65.7 cm³/mol. The minimum absolute atomic E-state index is 0.127. The lowest BCUT2D eigenvalue weighted by atomic mass is 10.2. The first-order valence-corrected chi connectivity index (χ1v) is 6.60. The van der Waals surface area contributed by atoms with Crippen molar-refractivity contribution < 1.29 is 4.79 Å². The molecule has 1 N–H and O–H groups in total. The summed E-state index contributed by atoms with van der Waals surface area (Å²) in [7, 11) is 1.79. The van der Waals surface area contributed by atoms with Gasteiger partial charge in [0.05, 0.1) is 0 Å². The third-order valence-corrected chi connectivity index (χ3v) is 3.15. The summed E-state index contributed by atoms with van der Waals surface area (Å²) in [6, 6.07) is 0.207. The fourth-order valence-electron chi connectivity index (χ4n) is 1.28. The maximum atomic E-state index is 11.9. The van der Waals surface area contributed by atoms with Crippen LogP contribution in [-0.2, 0) is 0 Å². The lowest BCUT2D eigenvalue weighted by Gasteiger charge is -2.23. The van der Waals surface area contributed by atoms with E-state index in [1.165, 1.54) is 0 Å². The summed E-state index contributed by atoms with van der Waals surface area (Å²) in [5, 5.41) is 6.54. The molecule has 0 bridgehead atoms. The van der Waals surface area contributed by atoms with E-state index in [9.17, 15) is 4.79 Å². The van der Waals surface area contributed by atoms with E-state index in [1.807, 2.05) is 6.92 Å². The van der Waals surface area contributed by atoms with Gasteiger partial charge >= 0.3 is 0 Å². The van der Waals surface area contributed by atoms with Crippen molar-refractivity contribution in [2.45, 2.75) is 26.3 Å². The van der Waals surface area contributed by atoms with Gasteiger partial charge in [0, 0.05) is 13.1 Å². The fourth-order valence-corrected chi connectivity index (χ4v) is 1.86. The van der Waals surface area contributed by atoms with Crippen molar-refractivity contribution >= 4 is 17.7 Å². The third-order valence-electron chi connectivity index (χ3n) is 2.51. The summed E-state index contributed by atoms with van der Waals surface area (Å²) in [6.07, 6.45) is 3.04. The van der Waals surface area contributed by atoms with Gasteiger partial charge in [-0.3, -0.25) is 9.89 Å². The van der Waals surface area contributed by atoms with E-state index >= 15 is 0 Å². The van der Waals surface area contributed by atoms with E-state index in [1.54, 1.807) is 30.6 Å². The largest absolute Gasteiger partial charge is 0.336 e. The number of carbonyl (C=O) groups is 1. The van der Waals surface area contributed by atoms with Crippen molar-refractivity contribution in [2.75, 3.05) is 19.1 Å². The Bertz CT molecular complexity index is 352. The molecule has 1 aromatic heterocycles. The predicted octanol–water partition coefficient (Wildman–Crippen LogP) is 1.33. The molecule has 0 saturated heterocycles. The number of H-pyrrole nitrogens is 1. The van der Waals surface area contributed by atoms with Gasteiger partial charge in [0.15, 0.2) is 0 Å². The second-order valence-corrected chi connectivity index (χ2v) is 4.78. The molecule has 0 aromatic carbocycles. The Morgan fingerprint density at radius 3 is 2.81 bits per heavy atom. The van der Waals surface area contributed by atoms with Gasteiger partial charge in [-0.1, -0.05) is 0 Å². The van der Waals surface area contributed by atoms with Crippen molar-refractivity contribution in [1.29, 1.82) is 0 Å². The van der Waals surface area contributed by atoms with Crippen molar-refractivity contribution in [3.63, 3.8) is 0 Å². The topological polar surface area (TPSA) is 61.9 Å². The number of hydrogen-bond acceptors (Lipinski definition) is 4. The van der Waals surface area contributed by atoms with E-state index < -0.39 is 0 Å². The van der Waals surface area contributed by atoms with E-state index in [-0.39, 0.29) is 17.8 Å². The van der Waals surface area contributed by atoms with Gasteiger partial charge in [-0.2, -0.15) is 11.8 Å². The lowest BCUT2D eigenvalue weighted by molar-refractivity contribution is 0.0729. The molecule has 1 atom stereocenters. The Morgan fingerprint density at radius 1 is 1.62 bits per heavy atom. The van der Waals surface area contributed by atoms with Crippen molar-refractivity contribution in [3.8, 4) is 0 Å². The number of nitrogens with one attached hydrogen (secondary N) is 1. The van der Waals surface area contributed by atoms with Crippen molar-refractivity contribution in [3.05, 3.63) is 11.6 Å². The average Bonchev–Trinajstić information content (AvgIpc) is 2.70. The number of rotatable bonds is 5. The average molecular weight is 242 g/mol. The second-order valence-electron chi connectivity index (χ2n) is 3.79. The molecule has 1 aromatic rings. The molecular weight excluding hydrogens is 224 g/mol. The summed E-state index contributed by atoms with van der Waals surface area (Å²) in [5.41, 5.74) is 0. The van der Waals surface area contributed by atoms with Crippen LogP contribution in [0.4, 0.5) is 0 Å². The molecule has 1 rings (SSSR count). The van der Waals surface area contributed by atoms with Crippen LogP contribution in [0, 0.1) is 6.92 Å². The van der Waals surface area contributed by atoms with Crippen LogP contribution in [0.2, 0.25) is 0 Å². The number of carbonyl (C=O) groups excluding carboxylic acids is 1. The highest BCUT2D eigenvalue weighted by atomic mass is 32.2. The number of thioether (sulfide) groups is 1. The molecule has 1 unspecified atom stereocenters. The third kappa shape index (κ3) is 3.23. The van der Waals surface area contributed by atoms with E-state index in [4.69, 9.17) is 0 Å². The van der Waals surface area contributed by atoms with Crippen LogP contribution in [0.15, 0.2) is 0 Å². The van der Waals surface area contributed by atoms with E-state index in [0.717, 1.165) is 12.2 Å². The highest BCUT2D eigenvalue weighted by molar-refractivity contribution is 7.98. The molecule has 0 aliphatic rings. The van der Waals surface area contributed by atoms with Crippen LogP contribution in [0.1, 0.15) is 29.8 Å². The Balaban J connectivity index is 2.59.